The van der Waals surface area contributed by atoms with E-state index in [9.17, 15) is 9.59 Å². The monoisotopic (exact) mass is 372 g/mol. The Kier molecular flexibility index (Phi) is 5.74. The summed E-state index contributed by atoms with van der Waals surface area (Å²) in [5.74, 6) is -0.433. The van der Waals surface area contributed by atoms with Crippen LogP contribution in [0.3, 0.4) is 0 Å². The van der Waals surface area contributed by atoms with Crippen molar-refractivity contribution >= 4 is 23.2 Å². The molecule has 1 aliphatic rings. The van der Waals surface area contributed by atoms with Crippen LogP contribution in [0.2, 0.25) is 0 Å². The number of methoxy groups -OCH3 is 1. The fourth-order valence-electron chi connectivity index (χ4n) is 3.70. The maximum Gasteiger partial charge on any atom is 0.248 e. The van der Waals surface area contributed by atoms with Gasteiger partial charge in [-0.2, -0.15) is 0 Å². The Balaban J connectivity index is 1.90. The summed E-state index contributed by atoms with van der Waals surface area (Å²) in [6.07, 6.45) is 1.99. The van der Waals surface area contributed by atoms with Gasteiger partial charge in [-0.05, 0) is 41.8 Å². The van der Waals surface area contributed by atoms with E-state index in [-0.39, 0.29) is 18.4 Å². The molecule has 26 heavy (non-hydrogen) atoms. The molecular weight excluding hydrogens is 348 g/mol. The Morgan fingerprint density at radius 1 is 1.27 bits per heavy atom. The van der Waals surface area contributed by atoms with Crippen LogP contribution in [0.4, 0.5) is 0 Å². The lowest BCUT2D eigenvalue weighted by atomic mass is 9.73. The van der Waals surface area contributed by atoms with Gasteiger partial charge in [-0.1, -0.05) is 30.3 Å². The third kappa shape index (κ3) is 3.81. The number of carbonyl (C=O) groups is 2. The van der Waals surface area contributed by atoms with Crippen molar-refractivity contribution < 1.29 is 14.3 Å². The number of nitrogens with two attached hydrogens (primary N) is 1. The Morgan fingerprint density at radius 3 is 2.77 bits per heavy atom. The zero-order valence-electron chi connectivity index (χ0n) is 14.9. The molecule has 2 amide bonds. The van der Waals surface area contributed by atoms with Gasteiger partial charge in [0.25, 0.3) is 0 Å². The van der Waals surface area contributed by atoms with Gasteiger partial charge in [0.15, 0.2) is 0 Å². The lowest BCUT2D eigenvalue weighted by Crippen LogP contribution is -2.53. The molecule has 1 aromatic carbocycles. The van der Waals surface area contributed by atoms with Gasteiger partial charge in [0.1, 0.15) is 6.61 Å². The Hall–Kier alpha value is -2.18. The molecule has 2 aromatic rings. The predicted octanol–water partition coefficient (Wildman–Crippen LogP) is 2.70. The number of rotatable bonds is 6. The van der Waals surface area contributed by atoms with E-state index in [1.807, 2.05) is 23.6 Å². The summed E-state index contributed by atoms with van der Waals surface area (Å²) in [5.41, 5.74) is 7.33. The van der Waals surface area contributed by atoms with Gasteiger partial charge in [0, 0.05) is 25.1 Å². The molecule has 1 fully saturated rings. The molecule has 1 saturated heterocycles. The molecule has 5 nitrogen and oxygen atoms in total. The van der Waals surface area contributed by atoms with E-state index in [1.165, 1.54) is 12.0 Å². The second kappa shape index (κ2) is 8.01. The molecule has 2 N–H and O–H groups in total. The minimum atomic E-state index is -0.741. The quantitative estimate of drug-likeness (QED) is 0.847. The molecule has 1 aliphatic heterocycles. The molecule has 0 radical (unpaired) electrons. The first-order valence-corrected chi connectivity index (χ1v) is 9.62. The molecule has 0 aliphatic carbocycles. The van der Waals surface area contributed by atoms with Gasteiger partial charge < -0.3 is 15.4 Å². The van der Waals surface area contributed by atoms with Crippen molar-refractivity contribution in [3.8, 4) is 10.4 Å². The minimum absolute atomic E-state index is 0.0284. The number of likely N-dealkylation sites (tertiary alicyclic amines) is 1. The van der Waals surface area contributed by atoms with E-state index >= 15 is 0 Å². The van der Waals surface area contributed by atoms with Crippen LogP contribution in [0.1, 0.15) is 18.4 Å². The smallest absolute Gasteiger partial charge is 0.248 e. The maximum absolute atomic E-state index is 12.5. The van der Waals surface area contributed by atoms with Gasteiger partial charge >= 0.3 is 0 Å². The van der Waals surface area contributed by atoms with Crippen molar-refractivity contribution in [2.24, 2.45) is 11.1 Å². The molecule has 0 saturated carbocycles. The molecular formula is C20H24N2O3S. The van der Waals surface area contributed by atoms with Crippen molar-refractivity contribution in [1.29, 1.82) is 0 Å². The van der Waals surface area contributed by atoms with Crippen LogP contribution >= 0.6 is 11.3 Å². The minimum Gasteiger partial charge on any atom is -0.375 e. The van der Waals surface area contributed by atoms with Crippen LogP contribution < -0.4 is 5.73 Å². The number of benzene rings is 1. The molecule has 0 spiro atoms. The summed E-state index contributed by atoms with van der Waals surface area (Å²) in [6.45, 7) is 1.02. The van der Waals surface area contributed by atoms with Crippen LogP contribution in [0.25, 0.3) is 10.4 Å². The second-order valence-corrected chi connectivity index (χ2v) is 7.76. The standard InChI is InChI=1S/C20H24N2O3S/c1-25-13-18(23)22-10-5-9-20(14-22,19(21)24)12-15-6-2-3-7-16(15)17-8-4-11-26-17/h2-4,6-8,11H,5,9-10,12-14H2,1H3,(H2,21,24). The van der Waals surface area contributed by atoms with E-state index in [4.69, 9.17) is 10.5 Å². The predicted molar refractivity (Wildman–Crippen MR) is 103 cm³/mol. The topological polar surface area (TPSA) is 72.6 Å². The van der Waals surface area contributed by atoms with Crippen LogP contribution in [-0.4, -0.2) is 43.5 Å². The third-order valence-electron chi connectivity index (χ3n) is 5.05. The molecule has 138 valence electrons. The Morgan fingerprint density at radius 2 is 2.08 bits per heavy atom. The van der Waals surface area contributed by atoms with Gasteiger partial charge in [-0.15, -0.1) is 11.3 Å². The fraction of sp³-hybridized carbons (Fsp3) is 0.400. The number of hydrogen-bond acceptors (Lipinski definition) is 4. The molecule has 1 atom stereocenters. The number of thiophene rings is 1. The summed E-state index contributed by atoms with van der Waals surface area (Å²) in [6, 6.07) is 12.2. The van der Waals surface area contributed by atoms with Crippen LogP contribution in [0.5, 0.6) is 0 Å². The van der Waals surface area contributed by atoms with E-state index in [2.05, 4.69) is 18.2 Å². The number of amides is 2. The highest BCUT2D eigenvalue weighted by Crippen LogP contribution is 2.37. The number of carbonyl (C=O) groups excluding carboxylic acids is 2. The van der Waals surface area contributed by atoms with Gasteiger partial charge in [0.05, 0.1) is 5.41 Å². The van der Waals surface area contributed by atoms with Crippen molar-refractivity contribution in [2.75, 3.05) is 26.8 Å². The third-order valence-corrected chi connectivity index (χ3v) is 5.96. The molecule has 1 aromatic heterocycles. The van der Waals surface area contributed by atoms with Gasteiger partial charge in [0.2, 0.25) is 11.8 Å². The zero-order chi connectivity index (χ0) is 18.6. The Labute approximate surface area is 157 Å². The summed E-state index contributed by atoms with van der Waals surface area (Å²) in [4.78, 5) is 27.6. The van der Waals surface area contributed by atoms with Crippen molar-refractivity contribution in [3.05, 3.63) is 47.3 Å². The summed E-state index contributed by atoms with van der Waals surface area (Å²) < 4.78 is 4.97. The molecule has 3 rings (SSSR count). The van der Waals surface area contributed by atoms with E-state index < -0.39 is 5.41 Å². The first-order valence-electron chi connectivity index (χ1n) is 8.74. The van der Waals surface area contributed by atoms with Gasteiger partial charge in [-0.3, -0.25) is 9.59 Å². The van der Waals surface area contributed by atoms with Crippen LogP contribution in [-0.2, 0) is 20.7 Å². The highest BCUT2D eigenvalue weighted by Gasteiger charge is 2.42. The average molecular weight is 372 g/mol. The van der Waals surface area contributed by atoms with E-state index in [1.54, 1.807) is 16.2 Å². The van der Waals surface area contributed by atoms with E-state index in [0.29, 0.717) is 25.9 Å². The van der Waals surface area contributed by atoms with Crippen LogP contribution in [0, 0.1) is 5.41 Å². The zero-order valence-corrected chi connectivity index (χ0v) is 15.8. The highest BCUT2D eigenvalue weighted by molar-refractivity contribution is 7.13. The number of nitrogens with zero attached hydrogens (tertiary/aromatic N) is 1. The largest absolute Gasteiger partial charge is 0.375 e. The molecule has 1 unspecified atom stereocenters. The summed E-state index contributed by atoms with van der Waals surface area (Å²) in [7, 11) is 1.50. The number of piperidine rings is 1. The van der Waals surface area contributed by atoms with Crippen molar-refractivity contribution in [1.82, 2.24) is 4.90 Å². The van der Waals surface area contributed by atoms with E-state index in [0.717, 1.165) is 17.5 Å². The number of hydrogen-bond donors (Lipinski definition) is 1. The maximum atomic E-state index is 12.5. The van der Waals surface area contributed by atoms with Gasteiger partial charge in [-0.25, -0.2) is 0 Å². The Bertz CT molecular complexity index is 775. The molecule has 2 heterocycles. The second-order valence-electron chi connectivity index (χ2n) is 6.81. The average Bonchev–Trinajstić information content (AvgIpc) is 3.17. The molecule has 6 heteroatoms. The fourth-order valence-corrected chi connectivity index (χ4v) is 4.49. The highest BCUT2D eigenvalue weighted by atomic mass is 32.1. The number of ether oxygens (including phenoxy) is 1. The van der Waals surface area contributed by atoms with Crippen molar-refractivity contribution in [2.45, 2.75) is 19.3 Å². The first kappa shape index (κ1) is 18.6. The summed E-state index contributed by atoms with van der Waals surface area (Å²) >= 11 is 1.67. The van der Waals surface area contributed by atoms with Crippen LogP contribution in [0.15, 0.2) is 41.8 Å². The number of primary amides is 1. The van der Waals surface area contributed by atoms with Crippen molar-refractivity contribution in [3.63, 3.8) is 0 Å². The summed E-state index contributed by atoms with van der Waals surface area (Å²) in [5, 5.41) is 2.04. The molecule has 0 bridgehead atoms. The lowest BCUT2D eigenvalue weighted by Gasteiger charge is -2.41. The normalized spacial score (nSPS) is 20.1. The lowest BCUT2D eigenvalue weighted by molar-refractivity contribution is -0.142. The SMILES string of the molecule is COCC(=O)N1CCCC(Cc2ccccc2-c2cccs2)(C(N)=O)C1. The first-order chi connectivity index (χ1) is 12.6.